The Labute approximate surface area is 91.6 Å². The fourth-order valence-corrected chi connectivity index (χ4v) is 1.83. The lowest BCUT2D eigenvalue weighted by Crippen LogP contribution is -2.58. The molecule has 0 radical (unpaired) electrons. The minimum atomic E-state index is -0.496. The van der Waals surface area contributed by atoms with Crippen LogP contribution in [0.3, 0.4) is 0 Å². The first-order chi connectivity index (χ1) is 6.83. The first-order valence-corrected chi connectivity index (χ1v) is 5.48. The van der Waals surface area contributed by atoms with Crippen molar-refractivity contribution in [1.82, 2.24) is 10.2 Å². The van der Waals surface area contributed by atoms with Crippen LogP contribution in [0.2, 0.25) is 0 Å². The summed E-state index contributed by atoms with van der Waals surface area (Å²) in [5.41, 5.74) is -0.939. The molecule has 1 rings (SSSR count). The van der Waals surface area contributed by atoms with Gasteiger partial charge < -0.3 is 15.3 Å². The van der Waals surface area contributed by atoms with Gasteiger partial charge in [-0.25, -0.2) is 0 Å². The van der Waals surface area contributed by atoms with E-state index in [0.29, 0.717) is 0 Å². The molecule has 0 spiro atoms. The molecule has 1 unspecified atom stereocenters. The van der Waals surface area contributed by atoms with Crippen LogP contribution in [0.5, 0.6) is 0 Å². The van der Waals surface area contributed by atoms with Crippen LogP contribution in [0, 0.1) is 0 Å². The van der Waals surface area contributed by atoms with E-state index in [4.69, 9.17) is 0 Å². The quantitative estimate of drug-likeness (QED) is 0.713. The van der Waals surface area contributed by atoms with E-state index in [1.54, 1.807) is 11.9 Å². The van der Waals surface area contributed by atoms with Crippen molar-refractivity contribution in [2.24, 2.45) is 0 Å². The third-order valence-electron chi connectivity index (χ3n) is 3.44. The summed E-state index contributed by atoms with van der Waals surface area (Å²) in [7, 11) is 1.75. The zero-order valence-corrected chi connectivity index (χ0v) is 10.1. The molecule has 88 valence electrons. The molecule has 0 aliphatic carbocycles. The normalized spacial score (nSPS) is 26.7. The molecule has 1 aliphatic rings. The topological polar surface area (TPSA) is 52.6 Å². The molecule has 0 aromatic rings. The molecular formula is C11H22N2O2. The maximum atomic E-state index is 12.2. The van der Waals surface area contributed by atoms with E-state index < -0.39 is 11.1 Å². The summed E-state index contributed by atoms with van der Waals surface area (Å²) in [5.74, 6) is 0.0686. The molecule has 1 atom stereocenters. The van der Waals surface area contributed by atoms with Crippen molar-refractivity contribution in [2.75, 3.05) is 20.2 Å². The average Bonchev–Trinajstić information content (AvgIpc) is 2.64. The van der Waals surface area contributed by atoms with Crippen LogP contribution in [0.15, 0.2) is 0 Å². The Hall–Kier alpha value is -0.610. The zero-order chi connectivity index (χ0) is 11.7. The van der Waals surface area contributed by atoms with Crippen molar-refractivity contribution in [3.05, 3.63) is 0 Å². The number of carbonyl (C=O) groups is 1. The Balaban J connectivity index is 2.76. The zero-order valence-electron chi connectivity index (χ0n) is 10.1. The Bertz CT molecular complexity index is 245. The number of hydrogen-bond donors (Lipinski definition) is 2. The first kappa shape index (κ1) is 12.5. The number of aliphatic hydroxyl groups excluding tert-OH is 1. The standard InChI is InChI=1S/C11H22N2O2/c1-10(2,8-14)13(4)9(15)11(3)6-5-7-12-11/h12,14H,5-8H2,1-4H3. The van der Waals surface area contributed by atoms with Crippen LogP contribution >= 0.6 is 0 Å². The van der Waals surface area contributed by atoms with Crippen LogP contribution < -0.4 is 5.32 Å². The number of nitrogens with zero attached hydrogens (tertiary/aromatic N) is 1. The van der Waals surface area contributed by atoms with Gasteiger partial charge in [0.05, 0.1) is 17.7 Å². The smallest absolute Gasteiger partial charge is 0.242 e. The number of amides is 1. The average molecular weight is 214 g/mol. The molecule has 0 aromatic carbocycles. The van der Waals surface area contributed by atoms with E-state index in [2.05, 4.69) is 5.32 Å². The van der Waals surface area contributed by atoms with Crippen LogP contribution in [-0.4, -0.2) is 47.2 Å². The summed E-state index contributed by atoms with van der Waals surface area (Å²) in [5, 5.41) is 12.5. The highest BCUT2D eigenvalue weighted by Gasteiger charge is 2.41. The van der Waals surface area contributed by atoms with Crippen molar-refractivity contribution in [2.45, 2.75) is 44.7 Å². The second-order valence-corrected chi connectivity index (χ2v) is 5.20. The maximum absolute atomic E-state index is 12.2. The number of aliphatic hydroxyl groups is 1. The van der Waals surface area contributed by atoms with Gasteiger partial charge in [0.15, 0.2) is 0 Å². The number of nitrogens with one attached hydrogen (secondary N) is 1. The molecule has 1 fully saturated rings. The third kappa shape index (κ3) is 2.32. The van der Waals surface area contributed by atoms with Gasteiger partial charge in [0, 0.05) is 7.05 Å². The highest BCUT2D eigenvalue weighted by molar-refractivity contribution is 5.86. The molecule has 2 N–H and O–H groups in total. The predicted molar refractivity (Wildman–Crippen MR) is 59.6 cm³/mol. The lowest BCUT2D eigenvalue weighted by Gasteiger charge is -2.39. The maximum Gasteiger partial charge on any atom is 0.242 e. The lowest BCUT2D eigenvalue weighted by atomic mass is 9.95. The molecular weight excluding hydrogens is 192 g/mol. The molecule has 4 heteroatoms. The van der Waals surface area contributed by atoms with Crippen LogP contribution in [0.4, 0.5) is 0 Å². The highest BCUT2D eigenvalue weighted by atomic mass is 16.3. The molecule has 15 heavy (non-hydrogen) atoms. The molecule has 1 saturated heterocycles. The fraction of sp³-hybridized carbons (Fsp3) is 0.909. The largest absolute Gasteiger partial charge is 0.394 e. The Kier molecular flexibility index (Phi) is 3.41. The second kappa shape index (κ2) is 4.10. The summed E-state index contributed by atoms with van der Waals surface area (Å²) >= 11 is 0. The van der Waals surface area contributed by atoms with E-state index in [9.17, 15) is 9.90 Å². The van der Waals surface area contributed by atoms with Crippen molar-refractivity contribution in [1.29, 1.82) is 0 Å². The van der Waals surface area contributed by atoms with Gasteiger partial charge in [0.1, 0.15) is 0 Å². The SMILES string of the molecule is CN(C(=O)C1(C)CCCN1)C(C)(C)CO. The molecule has 0 bridgehead atoms. The second-order valence-electron chi connectivity index (χ2n) is 5.20. The number of carbonyl (C=O) groups excluding carboxylic acids is 1. The predicted octanol–water partition coefficient (Wildman–Crippen LogP) is 0.358. The molecule has 0 saturated carbocycles. The van der Waals surface area contributed by atoms with Crippen LogP contribution in [0.25, 0.3) is 0 Å². The summed E-state index contributed by atoms with van der Waals surface area (Å²) in [6, 6.07) is 0. The van der Waals surface area contributed by atoms with E-state index in [-0.39, 0.29) is 12.5 Å². The van der Waals surface area contributed by atoms with Crippen LogP contribution in [0.1, 0.15) is 33.6 Å². The van der Waals surface area contributed by atoms with Crippen molar-refractivity contribution in [3.8, 4) is 0 Å². The lowest BCUT2D eigenvalue weighted by molar-refractivity contribution is -0.142. The van der Waals surface area contributed by atoms with Crippen molar-refractivity contribution < 1.29 is 9.90 Å². The van der Waals surface area contributed by atoms with Gasteiger partial charge in [-0.05, 0) is 40.2 Å². The van der Waals surface area contributed by atoms with Gasteiger partial charge in [0.25, 0.3) is 0 Å². The molecule has 1 amide bonds. The van der Waals surface area contributed by atoms with E-state index >= 15 is 0 Å². The molecule has 1 aliphatic heterocycles. The summed E-state index contributed by atoms with van der Waals surface area (Å²) in [6.45, 7) is 6.54. The Morgan fingerprint density at radius 3 is 2.60 bits per heavy atom. The van der Waals surface area contributed by atoms with Crippen molar-refractivity contribution in [3.63, 3.8) is 0 Å². The van der Waals surface area contributed by atoms with E-state index in [1.807, 2.05) is 20.8 Å². The molecule has 4 nitrogen and oxygen atoms in total. The third-order valence-corrected chi connectivity index (χ3v) is 3.44. The summed E-state index contributed by atoms with van der Waals surface area (Å²) < 4.78 is 0. The molecule has 1 heterocycles. The highest BCUT2D eigenvalue weighted by Crippen LogP contribution is 2.24. The van der Waals surface area contributed by atoms with Gasteiger partial charge in [0.2, 0.25) is 5.91 Å². The first-order valence-electron chi connectivity index (χ1n) is 5.48. The minimum Gasteiger partial charge on any atom is -0.394 e. The Morgan fingerprint density at radius 1 is 1.60 bits per heavy atom. The number of likely N-dealkylation sites (N-methyl/N-ethyl adjacent to an activating group) is 1. The van der Waals surface area contributed by atoms with Crippen molar-refractivity contribution >= 4 is 5.91 Å². The summed E-state index contributed by atoms with van der Waals surface area (Å²) in [4.78, 5) is 13.9. The summed E-state index contributed by atoms with van der Waals surface area (Å²) in [6.07, 6.45) is 1.91. The monoisotopic (exact) mass is 214 g/mol. The van der Waals surface area contributed by atoms with Gasteiger partial charge in [-0.3, -0.25) is 4.79 Å². The van der Waals surface area contributed by atoms with E-state index in [1.165, 1.54) is 0 Å². The molecule has 0 aromatic heterocycles. The minimum absolute atomic E-state index is 0.0225. The van der Waals surface area contributed by atoms with Gasteiger partial charge in [-0.2, -0.15) is 0 Å². The van der Waals surface area contributed by atoms with E-state index in [0.717, 1.165) is 19.4 Å². The van der Waals surface area contributed by atoms with Gasteiger partial charge in [-0.1, -0.05) is 0 Å². The number of hydrogen-bond acceptors (Lipinski definition) is 3. The van der Waals surface area contributed by atoms with Gasteiger partial charge in [-0.15, -0.1) is 0 Å². The number of rotatable bonds is 3. The fourth-order valence-electron chi connectivity index (χ4n) is 1.83. The Morgan fingerprint density at radius 2 is 2.20 bits per heavy atom. The van der Waals surface area contributed by atoms with Crippen LogP contribution in [-0.2, 0) is 4.79 Å². The van der Waals surface area contributed by atoms with Gasteiger partial charge >= 0.3 is 0 Å².